The molecule has 0 saturated heterocycles. The molecule has 1 aliphatic rings. The number of nitrogens with one attached hydrogen (secondary N) is 1. The highest BCUT2D eigenvalue weighted by atomic mass is 16.5. The number of benzene rings is 1. The van der Waals surface area contributed by atoms with E-state index < -0.39 is 0 Å². The zero-order chi connectivity index (χ0) is 11.7. The molecule has 1 aromatic heterocycles. The number of imidazole rings is 1. The van der Waals surface area contributed by atoms with Crippen molar-refractivity contribution >= 4 is 0 Å². The van der Waals surface area contributed by atoms with Crippen LogP contribution in [0.4, 0.5) is 0 Å². The second-order valence-electron chi connectivity index (χ2n) is 4.14. The van der Waals surface area contributed by atoms with Crippen molar-refractivity contribution in [1.29, 1.82) is 0 Å². The van der Waals surface area contributed by atoms with Crippen LogP contribution in [0.25, 0.3) is 0 Å². The van der Waals surface area contributed by atoms with Gasteiger partial charge in [-0.25, -0.2) is 4.98 Å². The highest BCUT2D eigenvalue weighted by Gasteiger charge is 2.23. The minimum absolute atomic E-state index is 0.169. The van der Waals surface area contributed by atoms with E-state index in [1.165, 1.54) is 5.69 Å². The minimum Gasteiger partial charge on any atom is -0.496 e. The third kappa shape index (κ3) is 1.70. The Balaban J connectivity index is 2.06. The largest absolute Gasteiger partial charge is 0.496 e. The molecule has 0 bridgehead atoms. The maximum atomic E-state index is 5.42. The smallest absolute Gasteiger partial charge is 0.124 e. The molecule has 0 saturated carbocycles. The third-order valence-corrected chi connectivity index (χ3v) is 3.19. The number of hydrogen-bond donors (Lipinski definition) is 1. The minimum atomic E-state index is 0.169. The van der Waals surface area contributed by atoms with Crippen LogP contribution in [0.3, 0.4) is 0 Å². The topological polar surface area (TPSA) is 39.1 Å². The number of nitrogens with zero attached hydrogens (tertiary/aromatic N) is 2. The van der Waals surface area contributed by atoms with Gasteiger partial charge in [0.2, 0.25) is 0 Å². The average Bonchev–Trinajstić information content (AvgIpc) is 2.86. The number of hydrogen-bond acceptors (Lipinski definition) is 3. The summed E-state index contributed by atoms with van der Waals surface area (Å²) in [5.74, 6) is 0.916. The molecule has 1 aliphatic heterocycles. The summed E-state index contributed by atoms with van der Waals surface area (Å²) in [4.78, 5) is 4.22. The van der Waals surface area contributed by atoms with Crippen molar-refractivity contribution in [2.75, 3.05) is 13.7 Å². The van der Waals surface area contributed by atoms with Gasteiger partial charge in [-0.1, -0.05) is 18.2 Å². The van der Waals surface area contributed by atoms with E-state index in [1.54, 1.807) is 7.11 Å². The van der Waals surface area contributed by atoms with Crippen LogP contribution < -0.4 is 10.1 Å². The van der Waals surface area contributed by atoms with E-state index in [9.17, 15) is 0 Å². The summed E-state index contributed by atoms with van der Waals surface area (Å²) in [6, 6.07) is 8.28. The van der Waals surface area contributed by atoms with E-state index in [1.807, 2.05) is 30.7 Å². The van der Waals surface area contributed by atoms with Gasteiger partial charge in [-0.15, -0.1) is 0 Å². The van der Waals surface area contributed by atoms with Gasteiger partial charge in [0.15, 0.2) is 0 Å². The van der Waals surface area contributed by atoms with Gasteiger partial charge in [-0.3, -0.25) is 0 Å². The summed E-state index contributed by atoms with van der Waals surface area (Å²) in [5, 5.41) is 3.51. The molecule has 3 rings (SSSR count). The predicted octanol–water partition coefficient (Wildman–Crippen LogP) is 1.58. The van der Waals surface area contributed by atoms with Crippen molar-refractivity contribution in [2.45, 2.75) is 12.6 Å². The zero-order valence-electron chi connectivity index (χ0n) is 9.76. The second-order valence-corrected chi connectivity index (χ2v) is 4.14. The molecule has 0 radical (unpaired) electrons. The monoisotopic (exact) mass is 229 g/mol. The molecule has 88 valence electrons. The first kappa shape index (κ1) is 10.4. The van der Waals surface area contributed by atoms with Crippen LogP contribution in [0.2, 0.25) is 0 Å². The van der Waals surface area contributed by atoms with Crippen molar-refractivity contribution in [2.24, 2.45) is 0 Å². The highest BCUT2D eigenvalue weighted by molar-refractivity contribution is 5.40. The lowest BCUT2D eigenvalue weighted by Gasteiger charge is -2.27. The molecule has 2 aromatic rings. The SMILES string of the molecule is COc1ccccc1C1NCCn2cncc21. The molecule has 4 nitrogen and oxygen atoms in total. The summed E-state index contributed by atoms with van der Waals surface area (Å²) in [6.07, 6.45) is 3.81. The maximum Gasteiger partial charge on any atom is 0.124 e. The van der Waals surface area contributed by atoms with Crippen molar-refractivity contribution in [3.8, 4) is 5.75 Å². The number of rotatable bonds is 2. The molecule has 1 N–H and O–H groups in total. The summed E-state index contributed by atoms with van der Waals surface area (Å²) in [5.41, 5.74) is 2.36. The summed E-state index contributed by atoms with van der Waals surface area (Å²) in [7, 11) is 1.71. The molecular formula is C13H15N3O. The Bertz CT molecular complexity index is 521. The zero-order valence-corrected chi connectivity index (χ0v) is 9.76. The fourth-order valence-corrected chi connectivity index (χ4v) is 2.37. The standard InChI is InChI=1S/C13H15N3O/c1-17-12-5-3-2-4-10(12)13-11-8-14-9-16(11)7-6-15-13/h2-5,8-9,13,15H,6-7H2,1H3. The molecule has 0 aliphatic carbocycles. The lowest BCUT2D eigenvalue weighted by molar-refractivity contribution is 0.395. The van der Waals surface area contributed by atoms with Crippen LogP contribution in [0.1, 0.15) is 17.3 Å². The van der Waals surface area contributed by atoms with Gasteiger partial charge in [0.05, 0.1) is 31.4 Å². The Morgan fingerprint density at radius 2 is 2.29 bits per heavy atom. The second kappa shape index (κ2) is 4.22. The van der Waals surface area contributed by atoms with E-state index in [0.29, 0.717) is 0 Å². The maximum absolute atomic E-state index is 5.42. The predicted molar refractivity (Wildman–Crippen MR) is 65.1 cm³/mol. The summed E-state index contributed by atoms with van der Waals surface area (Å²) >= 11 is 0. The van der Waals surface area contributed by atoms with Crippen LogP contribution in [-0.2, 0) is 6.54 Å². The molecule has 17 heavy (non-hydrogen) atoms. The number of methoxy groups -OCH3 is 1. The molecular weight excluding hydrogens is 214 g/mol. The van der Waals surface area contributed by atoms with Gasteiger partial charge >= 0.3 is 0 Å². The third-order valence-electron chi connectivity index (χ3n) is 3.19. The number of para-hydroxylation sites is 1. The molecule has 1 aromatic carbocycles. The fraction of sp³-hybridized carbons (Fsp3) is 0.308. The van der Waals surface area contributed by atoms with Crippen LogP contribution in [0.5, 0.6) is 5.75 Å². The first-order chi connectivity index (χ1) is 8.40. The van der Waals surface area contributed by atoms with Gasteiger partial charge in [0.1, 0.15) is 5.75 Å². The quantitative estimate of drug-likeness (QED) is 0.850. The van der Waals surface area contributed by atoms with Gasteiger partial charge in [0, 0.05) is 18.7 Å². The van der Waals surface area contributed by atoms with Crippen molar-refractivity contribution < 1.29 is 4.74 Å². The Kier molecular flexibility index (Phi) is 2.57. The van der Waals surface area contributed by atoms with Gasteiger partial charge in [0.25, 0.3) is 0 Å². The Labute approximate surface area is 100 Å². The summed E-state index contributed by atoms with van der Waals surface area (Å²) < 4.78 is 7.61. The van der Waals surface area contributed by atoms with E-state index in [2.05, 4.69) is 20.9 Å². The van der Waals surface area contributed by atoms with Gasteiger partial charge in [-0.05, 0) is 6.07 Å². The highest BCUT2D eigenvalue weighted by Crippen LogP contribution is 2.30. The molecule has 0 fully saturated rings. The van der Waals surface area contributed by atoms with Crippen molar-refractivity contribution in [3.05, 3.63) is 48.0 Å². The lowest BCUT2D eigenvalue weighted by atomic mass is 10.0. The Morgan fingerprint density at radius 1 is 1.41 bits per heavy atom. The van der Waals surface area contributed by atoms with Gasteiger partial charge in [-0.2, -0.15) is 0 Å². The van der Waals surface area contributed by atoms with E-state index in [-0.39, 0.29) is 6.04 Å². The molecule has 1 atom stereocenters. The normalized spacial score (nSPS) is 18.8. The molecule has 0 spiro atoms. The first-order valence-electron chi connectivity index (χ1n) is 5.76. The first-order valence-corrected chi connectivity index (χ1v) is 5.76. The van der Waals surface area contributed by atoms with Crippen molar-refractivity contribution in [1.82, 2.24) is 14.9 Å². The average molecular weight is 229 g/mol. The van der Waals surface area contributed by atoms with Crippen LogP contribution in [-0.4, -0.2) is 23.2 Å². The van der Waals surface area contributed by atoms with E-state index in [0.717, 1.165) is 24.4 Å². The Hall–Kier alpha value is -1.81. The lowest BCUT2D eigenvalue weighted by Crippen LogP contribution is -2.33. The molecule has 0 amide bonds. The molecule has 2 heterocycles. The molecule has 4 heteroatoms. The van der Waals surface area contributed by atoms with E-state index >= 15 is 0 Å². The van der Waals surface area contributed by atoms with Gasteiger partial charge < -0.3 is 14.6 Å². The Morgan fingerprint density at radius 3 is 3.18 bits per heavy atom. The number of aromatic nitrogens is 2. The van der Waals surface area contributed by atoms with Crippen molar-refractivity contribution in [3.63, 3.8) is 0 Å². The van der Waals surface area contributed by atoms with Crippen LogP contribution in [0, 0.1) is 0 Å². The number of ether oxygens (including phenoxy) is 1. The van der Waals surface area contributed by atoms with Crippen LogP contribution in [0.15, 0.2) is 36.8 Å². The summed E-state index contributed by atoms with van der Waals surface area (Å²) in [6.45, 7) is 1.92. The molecule has 1 unspecified atom stereocenters. The van der Waals surface area contributed by atoms with Crippen LogP contribution >= 0.6 is 0 Å². The van der Waals surface area contributed by atoms with E-state index in [4.69, 9.17) is 4.74 Å². The number of fused-ring (bicyclic) bond motifs is 1. The fourth-order valence-electron chi connectivity index (χ4n) is 2.37.